The van der Waals surface area contributed by atoms with Crippen LogP contribution >= 0.6 is 11.8 Å². The van der Waals surface area contributed by atoms with Gasteiger partial charge in [-0.2, -0.15) is 11.8 Å². The quantitative estimate of drug-likeness (QED) is 0.801. The Morgan fingerprint density at radius 3 is 3.00 bits per heavy atom. The van der Waals surface area contributed by atoms with E-state index in [1.54, 1.807) is 11.8 Å². The van der Waals surface area contributed by atoms with Gasteiger partial charge in [-0.15, -0.1) is 0 Å². The Labute approximate surface area is 103 Å². The van der Waals surface area contributed by atoms with Crippen LogP contribution in [0.1, 0.15) is 33.1 Å². The standard InChI is InChI=1S/C12H24N2OS/c1-3-11(13)8-16-9-12(15)14-6-4-5-10(2)7-14/h10-11H,3-9,13H2,1-2H3. The van der Waals surface area contributed by atoms with Crippen LogP contribution in [0.5, 0.6) is 0 Å². The normalized spacial score (nSPS) is 23.2. The molecule has 0 aliphatic carbocycles. The van der Waals surface area contributed by atoms with Gasteiger partial charge in [-0.3, -0.25) is 4.79 Å². The highest BCUT2D eigenvalue weighted by atomic mass is 32.2. The first-order valence-electron chi connectivity index (χ1n) is 6.24. The molecule has 1 heterocycles. The monoisotopic (exact) mass is 244 g/mol. The van der Waals surface area contributed by atoms with Crippen LogP contribution in [-0.2, 0) is 4.79 Å². The molecule has 2 atom stereocenters. The number of nitrogens with two attached hydrogens (primary N) is 1. The molecule has 0 saturated carbocycles. The summed E-state index contributed by atoms with van der Waals surface area (Å²) in [7, 11) is 0. The number of carbonyl (C=O) groups is 1. The lowest BCUT2D eigenvalue weighted by atomic mass is 10.0. The second-order valence-corrected chi connectivity index (χ2v) is 5.80. The molecule has 2 N–H and O–H groups in total. The molecule has 0 aromatic carbocycles. The summed E-state index contributed by atoms with van der Waals surface area (Å²) in [5.74, 6) is 2.45. The van der Waals surface area contributed by atoms with Gasteiger partial charge in [0.25, 0.3) is 0 Å². The molecule has 0 radical (unpaired) electrons. The molecule has 94 valence electrons. The van der Waals surface area contributed by atoms with Crippen molar-refractivity contribution in [3.8, 4) is 0 Å². The van der Waals surface area contributed by atoms with Gasteiger partial charge in [-0.1, -0.05) is 13.8 Å². The lowest BCUT2D eigenvalue weighted by molar-refractivity contribution is -0.130. The highest BCUT2D eigenvalue weighted by Crippen LogP contribution is 2.16. The number of thioether (sulfide) groups is 1. The summed E-state index contributed by atoms with van der Waals surface area (Å²) in [6.45, 7) is 6.20. The van der Waals surface area contributed by atoms with Crippen molar-refractivity contribution in [2.45, 2.75) is 39.2 Å². The number of rotatable bonds is 5. The predicted octanol–water partition coefficient (Wildman–Crippen LogP) is 1.72. The predicted molar refractivity (Wildman–Crippen MR) is 70.6 cm³/mol. The van der Waals surface area contributed by atoms with E-state index in [9.17, 15) is 4.79 Å². The van der Waals surface area contributed by atoms with E-state index in [0.29, 0.717) is 17.6 Å². The molecule has 2 unspecified atom stereocenters. The van der Waals surface area contributed by atoms with Crippen LogP contribution in [0.3, 0.4) is 0 Å². The van der Waals surface area contributed by atoms with Gasteiger partial charge in [0.15, 0.2) is 0 Å². The van der Waals surface area contributed by atoms with Crippen LogP contribution in [0, 0.1) is 5.92 Å². The molecule has 4 heteroatoms. The number of nitrogens with zero attached hydrogens (tertiary/aromatic N) is 1. The van der Waals surface area contributed by atoms with E-state index >= 15 is 0 Å². The number of carbonyl (C=O) groups excluding carboxylic acids is 1. The van der Waals surface area contributed by atoms with Crippen molar-refractivity contribution in [1.29, 1.82) is 0 Å². The lowest BCUT2D eigenvalue weighted by Gasteiger charge is -2.31. The minimum atomic E-state index is 0.234. The fourth-order valence-electron chi connectivity index (χ4n) is 1.92. The largest absolute Gasteiger partial charge is 0.342 e. The minimum Gasteiger partial charge on any atom is -0.342 e. The molecule has 1 saturated heterocycles. The third kappa shape index (κ3) is 4.74. The number of likely N-dealkylation sites (tertiary alicyclic amines) is 1. The maximum absolute atomic E-state index is 11.9. The molecule has 0 aromatic rings. The van der Waals surface area contributed by atoms with E-state index in [0.717, 1.165) is 31.7 Å². The smallest absolute Gasteiger partial charge is 0.232 e. The van der Waals surface area contributed by atoms with Crippen molar-refractivity contribution in [1.82, 2.24) is 4.90 Å². The number of amides is 1. The fraction of sp³-hybridized carbons (Fsp3) is 0.917. The average Bonchev–Trinajstić information content (AvgIpc) is 2.28. The van der Waals surface area contributed by atoms with Crippen molar-refractivity contribution < 1.29 is 4.79 Å². The van der Waals surface area contributed by atoms with E-state index in [1.807, 2.05) is 4.90 Å². The molecular formula is C12H24N2OS. The lowest BCUT2D eigenvalue weighted by Crippen LogP contribution is -2.40. The highest BCUT2D eigenvalue weighted by molar-refractivity contribution is 7.99. The maximum Gasteiger partial charge on any atom is 0.232 e. The topological polar surface area (TPSA) is 46.3 Å². The van der Waals surface area contributed by atoms with Gasteiger partial charge in [0, 0.05) is 24.9 Å². The van der Waals surface area contributed by atoms with Crippen molar-refractivity contribution in [3.63, 3.8) is 0 Å². The third-order valence-corrected chi connectivity index (χ3v) is 4.21. The number of hydrogen-bond acceptors (Lipinski definition) is 3. The van der Waals surface area contributed by atoms with E-state index in [4.69, 9.17) is 5.73 Å². The fourth-order valence-corrected chi connectivity index (χ4v) is 2.94. The molecule has 1 amide bonds. The summed E-state index contributed by atoms with van der Waals surface area (Å²) in [5.41, 5.74) is 5.81. The second-order valence-electron chi connectivity index (χ2n) is 4.77. The van der Waals surface area contributed by atoms with E-state index in [-0.39, 0.29) is 6.04 Å². The molecule has 1 aliphatic rings. The zero-order chi connectivity index (χ0) is 12.0. The molecule has 0 bridgehead atoms. The van der Waals surface area contributed by atoms with Gasteiger partial charge >= 0.3 is 0 Å². The molecule has 16 heavy (non-hydrogen) atoms. The van der Waals surface area contributed by atoms with Crippen molar-refractivity contribution >= 4 is 17.7 Å². The van der Waals surface area contributed by atoms with Crippen LogP contribution in [0.15, 0.2) is 0 Å². The summed E-state index contributed by atoms with van der Waals surface area (Å²) in [4.78, 5) is 13.9. The first-order valence-corrected chi connectivity index (χ1v) is 7.40. The van der Waals surface area contributed by atoms with Crippen LogP contribution in [0.25, 0.3) is 0 Å². The molecule has 1 fully saturated rings. The minimum absolute atomic E-state index is 0.234. The molecular weight excluding hydrogens is 220 g/mol. The van der Waals surface area contributed by atoms with Crippen molar-refractivity contribution in [2.24, 2.45) is 11.7 Å². The van der Waals surface area contributed by atoms with E-state index in [2.05, 4.69) is 13.8 Å². The van der Waals surface area contributed by atoms with Crippen LogP contribution in [0.4, 0.5) is 0 Å². The van der Waals surface area contributed by atoms with Crippen LogP contribution in [0.2, 0.25) is 0 Å². The maximum atomic E-state index is 11.9. The van der Waals surface area contributed by atoms with Gasteiger partial charge in [0.1, 0.15) is 0 Å². The Hall–Kier alpha value is -0.220. The van der Waals surface area contributed by atoms with Crippen molar-refractivity contribution in [2.75, 3.05) is 24.6 Å². The molecule has 3 nitrogen and oxygen atoms in total. The summed E-state index contributed by atoms with van der Waals surface area (Å²) >= 11 is 1.67. The number of piperidine rings is 1. The van der Waals surface area contributed by atoms with Gasteiger partial charge in [0.2, 0.25) is 5.91 Å². The third-order valence-electron chi connectivity index (χ3n) is 3.09. The summed E-state index contributed by atoms with van der Waals surface area (Å²) < 4.78 is 0. The zero-order valence-electron chi connectivity index (χ0n) is 10.4. The average molecular weight is 244 g/mol. The SMILES string of the molecule is CCC(N)CSCC(=O)N1CCCC(C)C1. The second kappa shape index (κ2) is 7.17. The van der Waals surface area contributed by atoms with Gasteiger partial charge in [-0.05, 0) is 25.2 Å². The molecule has 1 aliphatic heterocycles. The van der Waals surface area contributed by atoms with Crippen LogP contribution < -0.4 is 5.73 Å². The molecule has 0 aromatic heterocycles. The summed E-state index contributed by atoms with van der Waals surface area (Å²) in [6, 6.07) is 0.234. The van der Waals surface area contributed by atoms with E-state index in [1.165, 1.54) is 6.42 Å². The molecule has 0 spiro atoms. The van der Waals surface area contributed by atoms with Crippen molar-refractivity contribution in [3.05, 3.63) is 0 Å². The first kappa shape index (κ1) is 13.8. The van der Waals surface area contributed by atoms with E-state index < -0.39 is 0 Å². The van der Waals surface area contributed by atoms with Gasteiger partial charge in [-0.25, -0.2) is 0 Å². The zero-order valence-corrected chi connectivity index (χ0v) is 11.3. The molecule has 1 rings (SSSR count). The van der Waals surface area contributed by atoms with Gasteiger partial charge < -0.3 is 10.6 Å². The summed E-state index contributed by atoms with van der Waals surface area (Å²) in [5, 5.41) is 0. The number of hydrogen-bond donors (Lipinski definition) is 1. The summed E-state index contributed by atoms with van der Waals surface area (Å²) in [6.07, 6.45) is 3.41. The Morgan fingerprint density at radius 2 is 2.38 bits per heavy atom. The van der Waals surface area contributed by atoms with Gasteiger partial charge in [0.05, 0.1) is 5.75 Å². The Balaban J connectivity index is 2.19. The highest BCUT2D eigenvalue weighted by Gasteiger charge is 2.20. The first-order chi connectivity index (χ1) is 7.63. The Kier molecular flexibility index (Phi) is 6.21. The Morgan fingerprint density at radius 1 is 1.62 bits per heavy atom. The Bertz CT molecular complexity index is 223. The van der Waals surface area contributed by atoms with Crippen LogP contribution in [-0.4, -0.2) is 41.4 Å².